The molecule has 0 saturated carbocycles. The van der Waals surface area contributed by atoms with Crippen molar-refractivity contribution in [2.75, 3.05) is 13.7 Å². The summed E-state index contributed by atoms with van der Waals surface area (Å²) < 4.78 is 16.6. The van der Waals surface area contributed by atoms with Crippen LogP contribution in [-0.2, 0) is 24.3 Å². The van der Waals surface area contributed by atoms with Crippen LogP contribution in [0.25, 0.3) is 0 Å². The molecule has 1 fully saturated rings. The molecular weight excluding hydrogens is 270 g/mol. The first-order chi connectivity index (χ1) is 10.3. The van der Waals surface area contributed by atoms with Crippen LogP contribution in [0, 0.1) is 0 Å². The summed E-state index contributed by atoms with van der Waals surface area (Å²) in [5, 5.41) is 8.12. The zero-order chi connectivity index (χ0) is 14.7. The van der Waals surface area contributed by atoms with Gasteiger partial charge in [-0.2, -0.15) is 0 Å². The smallest absolute Gasteiger partial charge is 0.230 e. The Balaban J connectivity index is 1.69. The third kappa shape index (κ3) is 3.16. The van der Waals surface area contributed by atoms with Crippen LogP contribution in [0.3, 0.4) is 0 Å². The van der Waals surface area contributed by atoms with E-state index in [0.717, 1.165) is 37.3 Å². The van der Waals surface area contributed by atoms with Crippen molar-refractivity contribution in [3.05, 3.63) is 35.4 Å². The van der Waals surface area contributed by atoms with Crippen molar-refractivity contribution in [2.45, 2.75) is 45.4 Å². The molecular formula is C15H21N3O3. The van der Waals surface area contributed by atoms with Crippen LogP contribution in [0.4, 0.5) is 0 Å². The number of aromatic nitrogens is 2. The van der Waals surface area contributed by atoms with Gasteiger partial charge < -0.3 is 13.6 Å². The lowest BCUT2D eigenvalue weighted by Crippen LogP contribution is -2.22. The fourth-order valence-electron chi connectivity index (χ4n) is 2.80. The van der Waals surface area contributed by atoms with Crippen LogP contribution in [-0.4, -0.2) is 28.8 Å². The highest BCUT2D eigenvalue weighted by molar-refractivity contribution is 5.12. The largest absolute Gasteiger partial charge is 0.462 e. The summed E-state index contributed by atoms with van der Waals surface area (Å²) >= 11 is 0. The van der Waals surface area contributed by atoms with Gasteiger partial charge in [-0.1, -0.05) is 6.92 Å². The Morgan fingerprint density at radius 2 is 2.14 bits per heavy atom. The molecule has 6 nitrogen and oxygen atoms in total. The minimum atomic E-state index is 0.285. The lowest BCUT2D eigenvalue weighted by Gasteiger charge is -2.20. The van der Waals surface area contributed by atoms with Gasteiger partial charge in [-0.3, -0.25) is 4.90 Å². The van der Waals surface area contributed by atoms with Gasteiger partial charge in [-0.05, 0) is 31.5 Å². The van der Waals surface area contributed by atoms with Crippen molar-refractivity contribution >= 4 is 0 Å². The second-order valence-corrected chi connectivity index (χ2v) is 5.31. The predicted molar refractivity (Wildman–Crippen MR) is 75.5 cm³/mol. The average molecular weight is 291 g/mol. The Kier molecular flexibility index (Phi) is 4.36. The van der Waals surface area contributed by atoms with Crippen molar-refractivity contribution < 1.29 is 13.6 Å². The Hall–Kier alpha value is -1.66. The van der Waals surface area contributed by atoms with E-state index in [1.165, 1.54) is 0 Å². The normalized spacial score (nSPS) is 19.4. The summed E-state index contributed by atoms with van der Waals surface area (Å²) in [5.74, 6) is 3.24. The SMILES string of the molecule is CCc1nnc(CN2CCC[C@@H]2c2ccc(COC)o2)o1. The van der Waals surface area contributed by atoms with E-state index >= 15 is 0 Å². The number of aryl methyl sites for hydroxylation is 1. The third-order valence-electron chi connectivity index (χ3n) is 3.81. The van der Waals surface area contributed by atoms with Gasteiger partial charge in [0.15, 0.2) is 0 Å². The average Bonchev–Trinajstić information content (AvgIpc) is 3.20. The third-order valence-corrected chi connectivity index (χ3v) is 3.81. The molecule has 0 aromatic carbocycles. The van der Waals surface area contributed by atoms with Gasteiger partial charge >= 0.3 is 0 Å². The molecule has 6 heteroatoms. The molecule has 3 rings (SSSR count). The zero-order valence-corrected chi connectivity index (χ0v) is 12.5. The van der Waals surface area contributed by atoms with E-state index < -0.39 is 0 Å². The van der Waals surface area contributed by atoms with Crippen LogP contribution < -0.4 is 0 Å². The van der Waals surface area contributed by atoms with Gasteiger partial charge in [0.1, 0.15) is 18.1 Å². The summed E-state index contributed by atoms with van der Waals surface area (Å²) in [6.07, 6.45) is 3.02. The maximum absolute atomic E-state index is 5.87. The fourth-order valence-corrected chi connectivity index (χ4v) is 2.80. The fraction of sp³-hybridized carbons (Fsp3) is 0.600. The van der Waals surface area contributed by atoms with Crippen LogP contribution in [0.1, 0.15) is 49.1 Å². The number of rotatable bonds is 6. The molecule has 21 heavy (non-hydrogen) atoms. The quantitative estimate of drug-likeness (QED) is 0.815. The minimum absolute atomic E-state index is 0.285. The van der Waals surface area contributed by atoms with Gasteiger partial charge in [0.2, 0.25) is 11.8 Å². The maximum Gasteiger partial charge on any atom is 0.230 e. The highest BCUT2D eigenvalue weighted by Gasteiger charge is 2.29. The van der Waals surface area contributed by atoms with Crippen molar-refractivity contribution in [1.82, 2.24) is 15.1 Å². The molecule has 0 radical (unpaired) electrons. The van der Waals surface area contributed by atoms with E-state index in [0.29, 0.717) is 24.9 Å². The Labute approximate surface area is 124 Å². The Morgan fingerprint density at radius 1 is 1.29 bits per heavy atom. The molecule has 0 unspecified atom stereocenters. The lowest BCUT2D eigenvalue weighted by molar-refractivity contribution is 0.153. The standard InChI is InChI=1S/C15H21N3O3/c1-3-14-16-17-15(21-14)9-18-8-4-5-12(18)13-7-6-11(20-13)10-19-2/h6-7,12H,3-5,8-10H2,1-2H3/t12-/m1/s1. The predicted octanol–water partition coefficient (Wildman–Crippen LogP) is 2.71. The van der Waals surface area contributed by atoms with E-state index in [1.807, 2.05) is 19.1 Å². The summed E-state index contributed by atoms with van der Waals surface area (Å²) in [6.45, 7) is 4.22. The molecule has 0 N–H and O–H groups in total. The Morgan fingerprint density at radius 3 is 2.90 bits per heavy atom. The minimum Gasteiger partial charge on any atom is -0.462 e. The second kappa shape index (κ2) is 6.41. The van der Waals surface area contributed by atoms with Crippen molar-refractivity contribution in [3.8, 4) is 0 Å². The highest BCUT2D eigenvalue weighted by Crippen LogP contribution is 2.34. The molecule has 1 saturated heterocycles. The molecule has 0 amide bonds. The molecule has 3 heterocycles. The molecule has 2 aromatic rings. The molecule has 1 aliphatic heterocycles. The second-order valence-electron chi connectivity index (χ2n) is 5.31. The van der Waals surface area contributed by atoms with Gasteiger partial charge in [-0.15, -0.1) is 10.2 Å². The zero-order valence-electron chi connectivity index (χ0n) is 12.5. The monoisotopic (exact) mass is 291 g/mol. The van der Waals surface area contributed by atoms with Crippen molar-refractivity contribution in [1.29, 1.82) is 0 Å². The van der Waals surface area contributed by atoms with Crippen LogP contribution >= 0.6 is 0 Å². The number of hydrogen-bond acceptors (Lipinski definition) is 6. The van der Waals surface area contributed by atoms with Gasteiger partial charge in [0.25, 0.3) is 0 Å². The molecule has 1 atom stereocenters. The summed E-state index contributed by atoms with van der Waals surface area (Å²) in [6, 6.07) is 4.31. The summed E-state index contributed by atoms with van der Waals surface area (Å²) in [4.78, 5) is 2.34. The molecule has 0 bridgehead atoms. The number of methoxy groups -OCH3 is 1. The molecule has 1 aliphatic rings. The number of furan rings is 1. The molecule has 114 valence electrons. The number of nitrogens with zero attached hydrogens (tertiary/aromatic N) is 3. The first-order valence-electron chi connectivity index (χ1n) is 7.43. The molecule has 0 aliphatic carbocycles. The van der Waals surface area contributed by atoms with Gasteiger partial charge in [0.05, 0.1) is 12.6 Å². The molecule has 2 aromatic heterocycles. The highest BCUT2D eigenvalue weighted by atomic mass is 16.5. The first kappa shape index (κ1) is 14.3. The lowest BCUT2D eigenvalue weighted by atomic mass is 10.1. The van der Waals surface area contributed by atoms with Crippen LogP contribution in [0.5, 0.6) is 0 Å². The summed E-state index contributed by atoms with van der Waals surface area (Å²) in [5.41, 5.74) is 0. The number of likely N-dealkylation sites (tertiary alicyclic amines) is 1. The maximum atomic E-state index is 5.87. The van der Waals surface area contributed by atoms with E-state index in [2.05, 4.69) is 15.1 Å². The van der Waals surface area contributed by atoms with Crippen molar-refractivity contribution in [3.63, 3.8) is 0 Å². The first-order valence-corrected chi connectivity index (χ1v) is 7.43. The molecule has 0 spiro atoms. The van der Waals surface area contributed by atoms with E-state index in [4.69, 9.17) is 13.6 Å². The van der Waals surface area contributed by atoms with Gasteiger partial charge in [0, 0.05) is 13.5 Å². The van der Waals surface area contributed by atoms with Crippen LogP contribution in [0.2, 0.25) is 0 Å². The van der Waals surface area contributed by atoms with E-state index in [-0.39, 0.29) is 6.04 Å². The van der Waals surface area contributed by atoms with E-state index in [1.54, 1.807) is 7.11 Å². The van der Waals surface area contributed by atoms with Crippen molar-refractivity contribution in [2.24, 2.45) is 0 Å². The van der Waals surface area contributed by atoms with Crippen LogP contribution in [0.15, 0.2) is 21.0 Å². The topological polar surface area (TPSA) is 64.5 Å². The Bertz CT molecular complexity index is 578. The number of hydrogen-bond donors (Lipinski definition) is 0. The summed E-state index contributed by atoms with van der Waals surface area (Å²) in [7, 11) is 1.67. The van der Waals surface area contributed by atoms with Gasteiger partial charge in [-0.25, -0.2) is 0 Å². The van der Waals surface area contributed by atoms with E-state index in [9.17, 15) is 0 Å². The number of ether oxygens (including phenoxy) is 1.